The molecular formula is C66H123NO3. The van der Waals surface area contributed by atoms with Crippen LogP contribution in [-0.2, 0) is 4.79 Å². The van der Waals surface area contributed by atoms with Gasteiger partial charge in [0, 0.05) is 6.42 Å². The molecule has 2 atom stereocenters. The molecule has 0 aliphatic carbocycles. The standard InChI is InChI=1S/C66H123NO3/c1-3-5-7-9-11-13-15-17-19-21-23-25-27-29-31-32-33-34-36-37-39-41-43-45-47-49-51-53-55-57-59-61-65(69)64(63-68)67-66(70)62-60-58-56-54-52-50-48-46-44-42-40-38-35-30-28-26-24-22-20-18-16-14-12-10-8-6-4-2/h6,8,12,14,18,20,24,26,59,61,64-65,68-69H,3-5,7,9-11,13,15-17,19,21-23,25,27-58,60,62-63H2,1-2H3,(H,67,70)/b8-6-,14-12-,20-18-,26-24-,61-59+. The molecule has 0 saturated heterocycles. The predicted octanol–water partition coefficient (Wildman–Crippen LogP) is 21.2. The second-order valence-electron chi connectivity index (χ2n) is 21.5. The van der Waals surface area contributed by atoms with Gasteiger partial charge in [-0.3, -0.25) is 4.79 Å². The third kappa shape index (κ3) is 57.0. The molecule has 3 N–H and O–H groups in total. The molecular weight excluding hydrogens is 855 g/mol. The lowest BCUT2D eigenvalue weighted by Gasteiger charge is -2.20. The highest BCUT2D eigenvalue weighted by molar-refractivity contribution is 5.76. The second-order valence-corrected chi connectivity index (χ2v) is 21.5. The first-order valence-electron chi connectivity index (χ1n) is 31.5. The van der Waals surface area contributed by atoms with E-state index < -0.39 is 12.1 Å². The molecule has 70 heavy (non-hydrogen) atoms. The maximum Gasteiger partial charge on any atom is 0.220 e. The first-order valence-corrected chi connectivity index (χ1v) is 31.5. The van der Waals surface area contributed by atoms with E-state index in [9.17, 15) is 15.0 Å². The quantitative estimate of drug-likeness (QED) is 0.0420. The monoisotopic (exact) mass is 978 g/mol. The van der Waals surface area contributed by atoms with E-state index >= 15 is 0 Å². The zero-order chi connectivity index (χ0) is 50.6. The Morgan fingerprint density at radius 3 is 0.943 bits per heavy atom. The number of aliphatic hydroxyl groups excluding tert-OH is 2. The summed E-state index contributed by atoms with van der Waals surface area (Å²) < 4.78 is 0. The number of rotatable bonds is 58. The maximum atomic E-state index is 12.5. The van der Waals surface area contributed by atoms with E-state index in [1.165, 1.54) is 263 Å². The summed E-state index contributed by atoms with van der Waals surface area (Å²) in [4.78, 5) is 12.5. The fourth-order valence-corrected chi connectivity index (χ4v) is 9.76. The van der Waals surface area contributed by atoms with Gasteiger partial charge < -0.3 is 15.5 Å². The number of hydrogen-bond donors (Lipinski definition) is 3. The Bertz CT molecular complexity index is 1150. The van der Waals surface area contributed by atoms with Gasteiger partial charge >= 0.3 is 0 Å². The third-order valence-electron chi connectivity index (χ3n) is 14.5. The van der Waals surface area contributed by atoms with Crippen molar-refractivity contribution in [3.63, 3.8) is 0 Å². The first-order chi connectivity index (χ1) is 34.7. The van der Waals surface area contributed by atoms with Crippen molar-refractivity contribution in [2.45, 2.75) is 347 Å². The minimum atomic E-state index is -0.843. The zero-order valence-electron chi connectivity index (χ0n) is 47.3. The highest BCUT2D eigenvalue weighted by atomic mass is 16.3. The van der Waals surface area contributed by atoms with Crippen molar-refractivity contribution < 1.29 is 15.0 Å². The number of hydrogen-bond acceptors (Lipinski definition) is 3. The number of aliphatic hydroxyl groups is 2. The van der Waals surface area contributed by atoms with Gasteiger partial charge in [0.25, 0.3) is 0 Å². The van der Waals surface area contributed by atoms with Gasteiger partial charge in [-0.05, 0) is 57.8 Å². The van der Waals surface area contributed by atoms with Crippen LogP contribution in [-0.4, -0.2) is 34.9 Å². The first kappa shape index (κ1) is 68.1. The average molecular weight is 979 g/mol. The number of amides is 1. The largest absolute Gasteiger partial charge is 0.394 e. The van der Waals surface area contributed by atoms with Gasteiger partial charge in [-0.25, -0.2) is 0 Å². The van der Waals surface area contributed by atoms with E-state index in [0.29, 0.717) is 6.42 Å². The van der Waals surface area contributed by atoms with Gasteiger partial charge in [0.1, 0.15) is 0 Å². The number of carbonyl (C=O) groups excluding carboxylic acids is 1. The Morgan fingerprint density at radius 1 is 0.357 bits per heavy atom. The molecule has 0 fully saturated rings. The van der Waals surface area contributed by atoms with Gasteiger partial charge in [0.15, 0.2) is 0 Å². The number of nitrogens with one attached hydrogen (secondary N) is 1. The normalized spacial score (nSPS) is 13.1. The van der Waals surface area contributed by atoms with Gasteiger partial charge in [-0.15, -0.1) is 0 Å². The maximum absolute atomic E-state index is 12.5. The van der Waals surface area contributed by atoms with Crippen LogP contribution in [0.25, 0.3) is 0 Å². The van der Waals surface area contributed by atoms with Crippen LogP contribution >= 0.6 is 0 Å². The molecule has 0 aromatic carbocycles. The summed E-state index contributed by atoms with van der Waals surface area (Å²) in [6.45, 7) is 4.23. The van der Waals surface area contributed by atoms with E-state index in [4.69, 9.17) is 0 Å². The summed E-state index contributed by atoms with van der Waals surface area (Å²) in [7, 11) is 0. The lowest BCUT2D eigenvalue weighted by molar-refractivity contribution is -0.123. The zero-order valence-corrected chi connectivity index (χ0v) is 47.3. The molecule has 1 amide bonds. The van der Waals surface area contributed by atoms with Crippen molar-refractivity contribution in [3.8, 4) is 0 Å². The summed E-state index contributed by atoms with van der Waals surface area (Å²) in [5.74, 6) is -0.0618. The fraction of sp³-hybridized carbons (Fsp3) is 0.833. The molecule has 0 spiro atoms. The van der Waals surface area contributed by atoms with Gasteiger partial charge in [-0.1, -0.05) is 331 Å². The summed E-state index contributed by atoms with van der Waals surface area (Å²) in [6.07, 6.45) is 87.0. The molecule has 2 unspecified atom stereocenters. The van der Waals surface area contributed by atoms with Crippen LogP contribution < -0.4 is 5.32 Å². The summed E-state index contributed by atoms with van der Waals surface area (Å²) >= 11 is 0. The minimum absolute atomic E-state index is 0.0618. The van der Waals surface area contributed by atoms with E-state index in [2.05, 4.69) is 67.8 Å². The molecule has 4 nitrogen and oxygen atoms in total. The highest BCUT2D eigenvalue weighted by Gasteiger charge is 2.18. The lowest BCUT2D eigenvalue weighted by atomic mass is 10.0. The molecule has 0 rings (SSSR count). The Labute approximate surface area is 438 Å². The van der Waals surface area contributed by atoms with E-state index in [1.807, 2.05) is 6.08 Å². The van der Waals surface area contributed by atoms with E-state index in [-0.39, 0.29) is 12.5 Å². The second kappa shape index (κ2) is 61.4. The van der Waals surface area contributed by atoms with Crippen LogP contribution in [0.1, 0.15) is 335 Å². The molecule has 4 heteroatoms. The molecule has 0 aromatic heterocycles. The molecule has 0 radical (unpaired) electrons. The number of allylic oxidation sites excluding steroid dienone is 9. The Kier molecular flexibility index (Phi) is 59.7. The van der Waals surface area contributed by atoms with Crippen LogP contribution in [0.15, 0.2) is 60.8 Å². The van der Waals surface area contributed by atoms with Gasteiger partial charge in [0.05, 0.1) is 18.8 Å². The molecule has 0 heterocycles. The Morgan fingerprint density at radius 2 is 0.629 bits per heavy atom. The van der Waals surface area contributed by atoms with Crippen molar-refractivity contribution in [1.82, 2.24) is 5.32 Å². The third-order valence-corrected chi connectivity index (χ3v) is 14.5. The molecule has 0 aliphatic rings. The molecule has 0 aliphatic heterocycles. The van der Waals surface area contributed by atoms with Crippen molar-refractivity contribution in [1.29, 1.82) is 0 Å². The summed E-state index contributed by atoms with van der Waals surface area (Å²) in [5, 5.41) is 23.3. The van der Waals surface area contributed by atoms with Crippen LogP contribution in [0.2, 0.25) is 0 Å². The van der Waals surface area contributed by atoms with Crippen molar-refractivity contribution in [2.75, 3.05) is 6.61 Å². The molecule has 0 bridgehead atoms. The average Bonchev–Trinajstić information content (AvgIpc) is 3.36. The van der Waals surface area contributed by atoms with Crippen LogP contribution in [0, 0.1) is 0 Å². The number of carbonyl (C=O) groups is 1. The van der Waals surface area contributed by atoms with Crippen LogP contribution in [0.5, 0.6) is 0 Å². The lowest BCUT2D eigenvalue weighted by Crippen LogP contribution is -2.45. The Balaban J connectivity index is 3.46. The SMILES string of the molecule is CC/C=C\C/C=C\C/C=C\C/C=C\CCCCCCCCCCCCCCCCC(=O)NC(CO)C(O)/C=C/CCCCCCCCCCCCCCCCCCCCCCCCCCCCCCC. The minimum Gasteiger partial charge on any atom is -0.394 e. The van der Waals surface area contributed by atoms with Crippen molar-refractivity contribution in [2.24, 2.45) is 0 Å². The molecule has 0 aromatic rings. The van der Waals surface area contributed by atoms with Gasteiger partial charge in [-0.2, -0.15) is 0 Å². The van der Waals surface area contributed by atoms with E-state index in [1.54, 1.807) is 6.08 Å². The topological polar surface area (TPSA) is 69.6 Å². The summed E-state index contributed by atoms with van der Waals surface area (Å²) in [6, 6.07) is -0.626. The van der Waals surface area contributed by atoms with Crippen LogP contribution in [0.3, 0.4) is 0 Å². The number of unbranched alkanes of at least 4 members (excludes halogenated alkanes) is 43. The smallest absolute Gasteiger partial charge is 0.220 e. The van der Waals surface area contributed by atoms with E-state index in [0.717, 1.165) is 51.4 Å². The summed E-state index contributed by atoms with van der Waals surface area (Å²) in [5.41, 5.74) is 0. The molecule has 410 valence electrons. The molecule has 0 saturated carbocycles. The highest BCUT2D eigenvalue weighted by Crippen LogP contribution is 2.18. The fourth-order valence-electron chi connectivity index (χ4n) is 9.76. The predicted molar refractivity (Wildman–Crippen MR) is 313 cm³/mol. The van der Waals surface area contributed by atoms with Crippen LogP contribution in [0.4, 0.5) is 0 Å². The van der Waals surface area contributed by atoms with Gasteiger partial charge in [0.2, 0.25) is 5.91 Å². The van der Waals surface area contributed by atoms with Crippen molar-refractivity contribution in [3.05, 3.63) is 60.8 Å². The Hall–Kier alpha value is -1.91. The van der Waals surface area contributed by atoms with Crippen molar-refractivity contribution >= 4 is 5.91 Å².